The largest absolute Gasteiger partial charge is 0.481 e. The monoisotopic (exact) mass is 341 g/mol. The minimum absolute atomic E-state index is 0.00870. The molecule has 0 saturated carbocycles. The maximum atomic E-state index is 12.0. The first-order chi connectivity index (χ1) is 11.7. The second kappa shape index (κ2) is 7.83. The minimum atomic E-state index is -0.741. The maximum absolute atomic E-state index is 12.0. The number of carbonyl (C=O) groups is 2. The van der Waals surface area contributed by atoms with Crippen molar-refractivity contribution in [3.05, 3.63) is 53.1 Å². The molecule has 2 aromatic rings. The van der Waals surface area contributed by atoms with E-state index in [1.54, 1.807) is 13.8 Å². The predicted molar refractivity (Wildman–Crippen MR) is 97.2 cm³/mol. The van der Waals surface area contributed by atoms with Crippen LogP contribution in [0.4, 0.5) is 5.69 Å². The third-order valence-electron chi connectivity index (χ3n) is 3.55. The molecule has 1 heterocycles. The van der Waals surface area contributed by atoms with Gasteiger partial charge >= 0.3 is 5.97 Å². The summed E-state index contributed by atoms with van der Waals surface area (Å²) < 4.78 is 5.18. The predicted octanol–water partition coefficient (Wildman–Crippen LogP) is 4.32. The summed E-state index contributed by atoms with van der Waals surface area (Å²) in [5, 5.41) is 10.9. The number of anilines is 1. The lowest BCUT2D eigenvalue weighted by atomic mass is 10.1. The van der Waals surface area contributed by atoms with Crippen LogP contribution in [0.3, 0.4) is 0 Å². The number of rotatable bonds is 4. The van der Waals surface area contributed by atoms with E-state index in [0.29, 0.717) is 6.42 Å². The van der Waals surface area contributed by atoms with Gasteiger partial charge in [0.2, 0.25) is 5.91 Å². The Morgan fingerprint density at radius 2 is 1.64 bits per heavy atom. The highest BCUT2D eigenvalue weighted by atomic mass is 16.6. The average molecular weight is 341 g/mol. The van der Waals surface area contributed by atoms with Crippen LogP contribution in [0, 0.1) is 19.8 Å². The second-order valence-electron chi connectivity index (χ2n) is 6.48. The number of aliphatic carboxylic acids is 1. The van der Waals surface area contributed by atoms with E-state index in [1.165, 1.54) is 0 Å². The van der Waals surface area contributed by atoms with Crippen molar-refractivity contribution in [3.8, 4) is 11.5 Å². The van der Waals surface area contributed by atoms with Crippen molar-refractivity contribution < 1.29 is 19.4 Å². The van der Waals surface area contributed by atoms with Crippen LogP contribution in [0.1, 0.15) is 30.5 Å². The van der Waals surface area contributed by atoms with Gasteiger partial charge in [0.25, 0.3) is 0 Å². The molecule has 5 nitrogen and oxygen atoms in total. The van der Waals surface area contributed by atoms with Gasteiger partial charge in [-0.2, -0.15) is 0 Å². The average Bonchev–Trinajstić information content (AvgIpc) is 3.24. The Balaban J connectivity index is 0.000000326. The van der Waals surface area contributed by atoms with Gasteiger partial charge in [0.1, 0.15) is 0 Å². The number of ether oxygens (including phenoxy) is 1. The zero-order valence-corrected chi connectivity index (χ0v) is 14.9. The highest BCUT2D eigenvalue weighted by Gasteiger charge is 2.19. The minimum Gasteiger partial charge on any atom is -0.481 e. The number of fused-ring (bicyclic) bond motifs is 1. The summed E-state index contributed by atoms with van der Waals surface area (Å²) in [4.78, 5) is 21.7. The molecule has 0 spiro atoms. The first kappa shape index (κ1) is 18.5. The van der Waals surface area contributed by atoms with Crippen LogP contribution in [0.15, 0.2) is 36.4 Å². The molecule has 0 unspecified atom stereocenters. The lowest BCUT2D eigenvalue weighted by Gasteiger charge is -2.07. The number of amides is 1. The highest BCUT2D eigenvalue weighted by Crippen LogP contribution is 2.45. The number of carbonyl (C=O) groups excluding carboxylic acids is 1. The first-order valence-electron chi connectivity index (χ1n) is 8.16. The number of benzene rings is 2. The van der Waals surface area contributed by atoms with Crippen LogP contribution in [0.2, 0.25) is 0 Å². The molecule has 132 valence electrons. The Hall–Kier alpha value is -2.82. The molecule has 0 bridgehead atoms. The van der Waals surface area contributed by atoms with Gasteiger partial charge in [-0.1, -0.05) is 26.0 Å². The molecule has 3 rings (SSSR count). The molecule has 0 aromatic heterocycles. The summed E-state index contributed by atoms with van der Waals surface area (Å²) >= 11 is 0. The van der Waals surface area contributed by atoms with Crippen LogP contribution < -0.4 is 10.1 Å². The van der Waals surface area contributed by atoms with Crippen molar-refractivity contribution in [2.24, 2.45) is 5.92 Å². The fourth-order valence-electron chi connectivity index (χ4n) is 2.26. The number of aryl methyl sites for hydroxylation is 2. The van der Waals surface area contributed by atoms with Crippen molar-refractivity contribution in [2.45, 2.75) is 34.1 Å². The van der Waals surface area contributed by atoms with Crippen LogP contribution in [-0.4, -0.2) is 17.0 Å². The molecule has 1 aliphatic rings. The molecule has 25 heavy (non-hydrogen) atoms. The van der Waals surface area contributed by atoms with E-state index in [0.717, 1.165) is 33.9 Å². The van der Waals surface area contributed by atoms with E-state index in [4.69, 9.17) is 9.84 Å². The molecule has 1 aliphatic heterocycles. The van der Waals surface area contributed by atoms with E-state index in [1.807, 2.05) is 44.2 Å². The standard InChI is InChI=1S/C16H15NO2.C4H8O2/c1-10-5-11(2)7-13(6-10)17-16(18)9-12-3-4-14-15(8-12)19-14;1-3(2)4(5)6/h3-8H,9H2,1-2H3,(H,17,18);3H,1-2H3,(H,5,6). The van der Waals surface area contributed by atoms with Crippen LogP contribution >= 0.6 is 0 Å². The lowest BCUT2D eigenvalue weighted by Crippen LogP contribution is -2.14. The van der Waals surface area contributed by atoms with Gasteiger partial charge < -0.3 is 15.2 Å². The molecular weight excluding hydrogens is 318 g/mol. The third-order valence-corrected chi connectivity index (χ3v) is 3.55. The Morgan fingerprint density at radius 3 is 2.16 bits per heavy atom. The van der Waals surface area contributed by atoms with Crippen LogP contribution in [0.25, 0.3) is 0 Å². The number of carboxylic acid groups (broad SMARTS) is 1. The lowest BCUT2D eigenvalue weighted by molar-refractivity contribution is -0.140. The summed E-state index contributed by atoms with van der Waals surface area (Å²) in [6.45, 7) is 7.33. The molecule has 2 N–H and O–H groups in total. The van der Waals surface area contributed by atoms with E-state index >= 15 is 0 Å². The SMILES string of the molecule is CC(C)C(=O)O.Cc1cc(C)cc(NC(=O)Cc2ccc3c(c2)O3)c1. The molecule has 5 heteroatoms. The Labute approximate surface area is 147 Å². The number of hydrogen-bond donors (Lipinski definition) is 2. The third kappa shape index (κ3) is 5.95. The van der Waals surface area contributed by atoms with Gasteiger partial charge in [0, 0.05) is 5.69 Å². The molecule has 0 fully saturated rings. The van der Waals surface area contributed by atoms with Crippen molar-refractivity contribution >= 4 is 17.6 Å². The Bertz CT molecular complexity index is 776. The van der Waals surface area contributed by atoms with Crippen LogP contribution in [-0.2, 0) is 16.0 Å². The quantitative estimate of drug-likeness (QED) is 0.693. The van der Waals surface area contributed by atoms with Crippen molar-refractivity contribution in [1.82, 2.24) is 0 Å². The zero-order chi connectivity index (χ0) is 18.6. The number of nitrogens with one attached hydrogen (secondary N) is 1. The van der Waals surface area contributed by atoms with E-state index < -0.39 is 5.97 Å². The normalized spacial score (nSPS) is 10.9. The second-order valence-corrected chi connectivity index (χ2v) is 6.48. The fourth-order valence-corrected chi connectivity index (χ4v) is 2.26. The van der Waals surface area contributed by atoms with Gasteiger partial charge in [-0.05, 0) is 54.8 Å². The summed E-state index contributed by atoms with van der Waals surface area (Å²) in [5.41, 5.74) is 4.12. The van der Waals surface area contributed by atoms with Gasteiger partial charge in [-0.3, -0.25) is 9.59 Å². The molecule has 0 atom stereocenters. The molecule has 0 aliphatic carbocycles. The van der Waals surface area contributed by atoms with Gasteiger partial charge in [0.05, 0.1) is 12.3 Å². The Morgan fingerprint density at radius 1 is 1.04 bits per heavy atom. The molecule has 0 saturated heterocycles. The van der Waals surface area contributed by atoms with Gasteiger partial charge in [-0.25, -0.2) is 0 Å². The summed E-state index contributed by atoms with van der Waals surface area (Å²) in [6, 6.07) is 11.8. The molecule has 0 radical (unpaired) electrons. The van der Waals surface area contributed by atoms with Crippen molar-refractivity contribution in [2.75, 3.05) is 5.32 Å². The zero-order valence-electron chi connectivity index (χ0n) is 14.9. The topological polar surface area (TPSA) is 78.9 Å². The van der Waals surface area contributed by atoms with E-state index in [2.05, 4.69) is 11.4 Å². The summed E-state index contributed by atoms with van der Waals surface area (Å²) in [7, 11) is 0. The van der Waals surface area contributed by atoms with Gasteiger partial charge in [-0.15, -0.1) is 0 Å². The fraction of sp³-hybridized carbons (Fsp3) is 0.300. The summed E-state index contributed by atoms with van der Waals surface area (Å²) in [6.07, 6.45) is 0.365. The smallest absolute Gasteiger partial charge is 0.305 e. The highest BCUT2D eigenvalue weighted by molar-refractivity contribution is 5.92. The van der Waals surface area contributed by atoms with E-state index in [9.17, 15) is 9.59 Å². The van der Waals surface area contributed by atoms with Crippen LogP contribution in [0.5, 0.6) is 11.5 Å². The van der Waals surface area contributed by atoms with E-state index in [-0.39, 0.29) is 11.8 Å². The summed E-state index contributed by atoms with van der Waals surface area (Å²) in [5.74, 6) is 0.820. The molecule has 2 aromatic carbocycles. The molecular formula is C20H23NO4. The van der Waals surface area contributed by atoms with Gasteiger partial charge in [0.15, 0.2) is 11.5 Å². The molecule has 1 amide bonds. The first-order valence-corrected chi connectivity index (χ1v) is 8.16. The van der Waals surface area contributed by atoms with Crippen molar-refractivity contribution in [3.63, 3.8) is 0 Å². The number of carboxylic acids is 1. The maximum Gasteiger partial charge on any atom is 0.305 e. The Kier molecular flexibility index (Phi) is 5.80. The number of hydrogen-bond acceptors (Lipinski definition) is 3. The van der Waals surface area contributed by atoms with Crippen molar-refractivity contribution in [1.29, 1.82) is 0 Å².